The summed E-state index contributed by atoms with van der Waals surface area (Å²) in [4.78, 5) is 11.5. The van der Waals surface area contributed by atoms with Crippen molar-refractivity contribution in [1.29, 1.82) is 0 Å². The van der Waals surface area contributed by atoms with Gasteiger partial charge in [-0.1, -0.05) is 18.7 Å². The van der Waals surface area contributed by atoms with Crippen LogP contribution >= 0.6 is 11.8 Å². The summed E-state index contributed by atoms with van der Waals surface area (Å²) in [6, 6.07) is 5.67. The lowest BCUT2D eigenvalue weighted by atomic mass is 10.3. The normalized spacial score (nSPS) is 12.0. The lowest BCUT2D eigenvalue weighted by molar-refractivity contribution is -0.118. The van der Waals surface area contributed by atoms with Crippen molar-refractivity contribution < 1.29 is 18.3 Å². The first-order valence-electron chi connectivity index (χ1n) is 7.23. The highest BCUT2D eigenvalue weighted by molar-refractivity contribution is 7.99. The zero-order valence-corrected chi connectivity index (χ0v) is 13.7. The minimum absolute atomic E-state index is 0.0767. The van der Waals surface area contributed by atoms with Gasteiger partial charge < -0.3 is 14.5 Å². The highest BCUT2D eigenvalue weighted by Gasteiger charge is 2.16. The van der Waals surface area contributed by atoms with Crippen LogP contribution in [0, 0.1) is 5.82 Å². The van der Waals surface area contributed by atoms with E-state index in [4.69, 9.17) is 9.15 Å². The van der Waals surface area contributed by atoms with Crippen LogP contribution in [0.3, 0.4) is 0 Å². The van der Waals surface area contributed by atoms with E-state index in [0.29, 0.717) is 23.4 Å². The first kappa shape index (κ1) is 17.3. The van der Waals surface area contributed by atoms with Crippen molar-refractivity contribution in [2.45, 2.75) is 31.6 Å². The number of aromatic nitrogens is 2. The summed E-state index contributed by atoms with van der Waals surface area (Å²) in [7, 11) is 0. The molecule has 0 saturated carbocycles. The van der Waals surface area contributed by atoms with Crippen molar-refractivity contribution in [3.63, 3.8) is 0 Å². The molecule has 0 saturated heterocycles. The van der Waals surface area contributed by atoms with Gasteiger partial charge in [-0.3, -0.25) is 4.79 Å². The Morgan fingerprint density at radius 2 is 2.13 bits per heavy atom. The molecule has 8 heteroatoms. The number of nitrogens with zero attached hydrogens (tertiary/aromatic N) is 2. The van der Waals surface area contributed by atoms with Gasteiger partial charge in [0.2, 0.25) is 5.91 Å². The van der Waals surface area contributed by atoms with Gasteiger partial charge in [-0.15, -0.1) is 10.2 Å². The Bertz CT molecular complexity index is 633. The second kappa shape index (κ2) is 8.52. The number of amides is 1. The van der Waals surface area contributed by atoms with Crippen LogP contribution in [0.1, 0.15) is 32.3 Å². The van der Waals surface area contributed by atoms with Crippen molar-refractivity contribution >= 4 is 17.7 Å². The van der Waals surface area contributed by atoms with E-state index in [1.807, 2.05) is 6.92 Å². The summed E-state index contributed by atoms with van der Waals surface area (Å²) in [5, 5.41) is 10.8. The van der Waals surface area contributed by atoms with E-state index in [2.05, 4.69) is 15.5 Å². The van der Waals surface area contributed by atoms with E-state index in [1.165, 1.54) is 36.0 Å². The predicted octanol–water partition coefficient (Wildman–Crippen LogP) is 2.97. The molecule has 0 radical (unpaired) electrons. The molecule has 0 aliphatic heterocycles. The average molecular weight is 339 g/mol. The molecule has 1 aromatic heterocycles. The summed E-state index contributed by atoms with van der Waals surface area (Å²) in [5.41, 5.74) is 0. The topological polar surface area (TPSA) is 77.2 Å². The zero-order chi connectivity index (χ0) is 16.7. The fourth-order valence-corrected chi connectivity index (χ4v) is 2.25. The molecule has 1 heterocycles. The van der Waals surface area contributed by atoms with Crippen LogP contribution in [0.15, 0.2) is 33.9 Å². The smallest absolute Gasteiger partial charge is 0.277 e. The molecule has 23 heavy (non-hydrogen) atoms. The first-order valence-corrected chi connectivity index (χ1v) is 8.22. The molecule has 1 amide bonds. The Hall–Kier alpha value is -2.09. The van der Waals surface area contributed by atoms with Crippen LogP contribution in [0.25, 0.3) is 0 Å². The predicted molar refractivity (Wildman–Crippen MR) is 83.8 cm³/mol. The van der Waals surface area contributed by atoms with Gasteiger partial charge in [0.15, 0.2) is 6.10 Å². The van der Waals surface area contributed by atoms with E-state index in [-0.39, 0.29) is 17.5 Å². The minimum atomic E-state index is -0.476. The van der Waals surface area contributed by atoms with Crippen molar-refractivity contribution in [3.8, 4) is 5.75 Å². The van der Waals surface area contributed by atoms with Crippen molar-refractivity contribution in [2.24, 2.45) is 0 Å². The monoisotopic (exact) mass is 339 g/mol. The van der Waals surface area contributed by atoms with Crippen molar-refractivity contribution in [1.82, 2.24) is 15.5 Å². The van der Waals surface area contributed by atoms with Gasteiger partial charge in [0, 0.05) is 6.54 Å². The number of hydrogen-bond acceptors (Lipinski definition) is 6. The van der Waals surface area contributed by atoms with Crippen LogP contribution in [0.2, 0.25) is 0 Å². The second-order valence-electron chi connectivity index (χ2n) is 4.76. The number of carbonyl (C=O) groups is 1. The lowest BCUT2D eigenvalue weighted by Gasteiger charge is -2.10. The van der Waals surface area contributed by atoms with Gasteiger partial charge in [0.05, 0.1) is 5.75 Å². The van der Waals surface area contributed by atoms with E-state index < -0.39 is 6.10 Å². The summed E-state index contributed by atoms with van der Waals surface area (Å²) in [5.74, 6) is 0.612. The Balaban J connectivity index is 1.85. The fourth-order valence-electron chi connectivity index (χ4n) is 1.65. The number of ether oxygens (including phenoxy) is 1. The Morgan fingerprint density at radius 1 is 1.39 bits per heavy atom. The highest BCUT2D eigenvalue weighted by Crippen LogP contribution is 2.23. The molecule has 0 spiro atoms. The van der Waals surface area contributed by atoms with E-state index in [9.17, 15) is 9.18 Å². The minimum Gasteiger partial charge on any atom is -0.481 e. The molecule has 6 nitrogen and oxygen atoms in total. The molecule has 0 unspecified atom stereocenters. The Labute approximate surface area is 137 Å². The molecule has 2 rings (SSSR count). The molecule has 0 bridgehead atoms. The third-order valence-corrected chi connectivity index (χ3v) is 3.61. The average Bonchev–Trinajstić information content (AvgIpc) is 3.02. The third kappa shape index (κ3) is 5.55. The van der Waals surface area contributed by atoms with E-state index >= 15 is 0 Å². The van der Waals surface area contributed by atoms with Gasteiger partial charge in [0.1, 0.15) is 11.6 Å². The maximum Gasteiger partial charge on any atom is 0.277 e. The number of hydrogen-bond donors (Lipinski definition) is 1. The van der Waals surface area contributed by atoms with Gasteiger partial charge in [-0.25, -0.2) is 4.39 Å². The van der Waals surface area contributed by atoms with Crippen LogP contribution in [-0.2, 0) is 4.79 Å². The van der Waals surface area contributed by atoms with Gasteiger partial charge in [-0.2, -0.15) is 0 Å². The molecule has 124 valence electrons. The van der Waals surface area contributed by atoms with Gasteiger partial charge >= 0.3 is 0 Å². The molecule has 1 aromatic carbocycles. The molecule has 1 N–H and O–H groups in total. The number of carbonyl (C=O) groups excluding carboxylic acids is 1. The van der Waals surface area contributed by atoms with Gasteiger partial charge in [-0.05, 0) is 37.6 Å². The number of benzene rings is 1. The largest absolute Gasteiger partial charge is 0.481 e. The molecule has 2 aromatic rings. The number of halogens is 1. The molecule has 0 aliphatic carbocycles. The van der Waals surface area contributed by atoms with Crippen molar-refractivity contribution in [3.05, 3.63) is 36.0 Å². The van der Waals surface area contributed by atoms with Crippen LogP contribution < -0.4 is 10.1 Å². The number of nitrogens with one attached hydrogen (secondary N) is 1. The van der Waals surface area contributed by atoms with E-state index in [1.54, 1.807) is 6.92 Å². The fraction of sp³-hybridized carbons (Fsp3) is 0.400. The van der Waals surface area contributed by atoms with E-state index in [0.717, 1.165) is 6.42 Å². The van der Waals surface area contributed by atoms with Gasteiger partial charge in [0.25, 0.3) is 11.1 Å². The summed E-state index contributed by atoms with van der Waals surface area (Å²) >= 11 is 1.17. The van der Waals surface area contributed by atoms with Crippen LogP contribution in [0.5, 0.6) is 5.75 Å². The SMILES string of the molecule is CCCNC(=O)CSc1nnc([C@H](C)Oc2ccc(F)cc2)o1. The van der Waals surface area contributed by atoms with Crippen molar-refractivity contribution in [2.75, 3.05) is 12.3 Å². The molecule has 0 fully saturated rings. The molecular weight excluding hydrogens is 321 g/mol. The standard InChI is InChI=1S/C15H18FN3O3S/c1-3-8-17-13(20)9-23-15-19-18-14(22-15)10(2)21-12-6-4-11(16)5-7-12/h4-7,10H,3,8-9H2,1-2H3,(H,17,20)/t10-/m0/s1. The molecule has 0 aliphatic rings. The summed E-state index contributed by atoms with van der Waals surface area (Å²) in [6.45, 7) is 4.39. The Kier molecular flexibility index (Phi) is 6.40. The lowest BCUT2D eigenvalue weighted by Crippen LogP contribution is -2.25. The number of thioether (sulfide) groups is 1. The summed E-state index contributed by atoms with van der Waals surface area (Å²) in [6.07, 6.45) is 0.413. The third-order valence-electron chi connectivity index (χ3n) is 2.80. The second-order valence-corrected chi connectivity index (χ2v) is 5.69. The quantitative estimate of drug-likeness (QED) is 0.745. The van der Waals surface area contributed by atoms with Crippen LogP contribution in [-0.4, -0.2) is 28.4 Å². The van der Waals surface area contributed by atoms with Crippen LogP contribution in [0.4, 0.5) is 4.39 Å². The first-order chi connectivity index (χ1) is 11.1. The maximum absolute atomic E-state index is 12.8. The zero-order valence-electron chi connectivity index (χ0n) is 12.9. The molecular formula is C15H18FN3O3S. The summed E-state index contributed by atoms with van der Waals surface area (Å²) < 4.78 is 23.9. The maximum atomic E-state index is 12.8. The molecule has 1 atom stereocenters. The Morgan fingerprint density at radius 3 is 2.83 bits per heavy atom. The number of rotatable bonds is 8. The highest BCUT2D eigenvalue weighted by atomic mass is 32.2.